The van der Waals surface area contributed by atoms with E-state index in [0.29, 0.717) is 6.54 Å². The number of hydrogen-bond donors (Lipinski definition) is 2. The molecule has 0 fully saturated rings. The predicted molar refractivity (Wildman–Crippen MR) is 71.8 cm³/mol. The minimum absolute atomic E-state index is 0.0782. The Bertz CT molecular complexity index is 376. The molecule has 17 heavy (non-hydrogen) atoms. The molecule has 1 aromatic carbocycles. The average Bonchev–Trinajstić information content (AvgIpc) is 2.75. The van der Waals surface area contributed by atoms with Gasteiger partial charge in [0.2, 0.25) is 0 Å². The van der Waals surface area contributed by atoms with Crippen LogP contribution in [0.25, 0.3) is 0 Å². The molecule has 1 aliphatic rings. The largest absolute Gasteiger partial charge is 0.329 e. The number of nitrogens with zero attached hydrogens (tertiary/aromatic N) is 1. The van der Waals surface area contributed by atoms with E-state index in [1.807, 2.05) is 0 Å². The fraction of sp³-hybridized carbons (Fsp3) is 0.571. The summed E-state index contributed by atoms with van der Waals surface area (Å²) in [5, 5.41) is 0. The van der Waals surface area contributed by atoms with E-state index < -0.39 is 0 Å². The van der Waals surface area contributed by atoms with Crippen molar-refractivity contribution in [2.24, 2.45) is 11.5 Å². The molecular formula is C14H23N3. The molecule has 3 nitrogen and oxygen atoms in total. The molecule has 4 N–H and O–H groups in total. The van der Waals surface area contributed by atoms with Gasteiger partial charge in [-0.25, -0.2) is 0 Å². The summed E-state index contributed by atoms with van der Waals surface area (Å²) in [7, 11) is 2.10. The van der Waals surface area contributed by atoms with Gasteiger partial charge in [-0.3, -0.25) is 0 Å². The van der Waals surface area contributed by atoms with Gasteiger partial charge < -0.3 is 16.4 Å². The Morgan fingerprint density at radius 1 is 1.29 bits per heavy atom. The molecule has 0 heterocycles. The molecule has 0 aliphatic heterocycles. The highest BCUT2D eigenvalue weighted by atomic mass is 15.1. The second-order valence-electron chi connectivity index (χ2n) is 5.15. The van der Waals surface area contributed by atoms with Crippen molar-refractivity contribution in [2.45, 2.75) is 31.8 Å². The Morgan fingerprint density at radius 3 is 2.82 bits per heavy atom. The third-order valence-electron chi connectivity index (χ3n) is 3.46. The lowest BCUT2D eigenvalue weighted by atomic mass is 10.1. The summed E-state index contributed by atoms with van der Waals surface area (Å²) in [4.78, 5) is 2.24. The summed E-state index contributed by atoms with van der Waals surface area (Å²) >= 11 is 0. The topological polar surface area (TPSA) is 55.3 Å². The number of fused-ring (bicyclic) bond motifs is 1. The smallest absolute Gasteiger partial charge is 0.0292 e. The minimum atomic E-state index is 0.0782. The van der Waals surface area contributed by atoms with Crippen molar-refractivity contribution < 1.29 is 0 Å². The first-order valence-corrected chi connectivity index (χ1v) is 6.44. The van der Waals surface area contributed by atoms with Crippen LogP contribution in [0.2, 0.25) is 0 Å². The Morgan fingerprint density at radius 2 is 2.06 bits per heavy atom. The van der Waals surface area contributed by atoms with Crippen LogP contribution in [0.5, 0.6) is 0 Å². The van der Waals surface area contributed by atoms with Crippen LogP contribution >= 0.6 is 0 Å². The van der Waals surface area contributed by atoms with Crippen molar-refractivity contribution in [2.75, 3.05) is 20.1 Å². The van der Waals surface area contributed by atoms with E-state index in [4.69, 9.17) is 11.5 Å². The van der Waals surface area contributed by atoms with Crippen molar-refractivity contribution in [3.05, 3.63) is 34.9 Å². The molecule has 0 amide bonds. The van der Waals surface area contributed by atoms with Gasteiger partial charge in [-0.15, -0.1) is 0 Å². The monoisotopic (exact) mass is 233 g/mol. The third-order valence-corrected chi connectivity index (χ3v) is 3.46. The number of rotatable bonds is 5. The second-order valence-corrected chi connectivity index (χ2v) is 5.15. The van der Waals surface area contributed by atoms with Crippen LogP contribution in [0, 0.1) is 0 Å². The quantitative estimate of drug-likeness (QED) is 0.794. The molecule has 0 saturated heterocycles. The van der Waals surface area contributed by atoms with Gasteiger partial charge in [0.25, 0.3) is 0 Å². The van der Waals surface area contributed by atoms with Gasteiger partial charge >= 0.3 is 0 Å². The summed E-state index contributed by atoms with van der Waals surface area (Å²) in [6.07, 6.45) is 3.81. The second kappa shape index (κ2) is 5.63. The molecule has 1 aromatic rings. The Kier molecular flexibility index (Phi) is 4.15. The van der Waals surface area contributed by atoms with Gasteiger partial charge in [0.1, 0.15) is 0 Å². The van der Waals surface area contributed by atoms with Crippen LogP contribution in [-0.2, 0) is 19.4 Å². The number of aryl methyl sites for hydroxylation is 2. The van der Waals surface area contributed by atoms with E-state index >= 15 is 0 Å². The van der Waals surface area contributed by atoms with Crippen molar-refractivity contribution in [1.29, 1.82) is 0 Å². The number of likely N-dealkylation sites (N-methyl/N-ethyl adjacent to an activating group) is 1. The van der Waals surface area contributed by atoms with Crippen LogP contribution in [0.15, 0.2) is 18.2 Å². The lowest BCUT2D eigenvalue weighted by Gasteiger charge is -2.20. The standard InChI is InChI=1S/C14H23N3/c1-17(10-14(16)8-15)9-11-5-6-12-3-2-4-13(12)7-11/h5-7,14H,2-4,8-10,15-16H2,1H3. The molecule has 0 bridgehead atoms. The molecular weight excluding hydrogens is 210 g/mol. The zero-order valence-electron chi connectivity index (χ0n) is 10.7. The zero-order valence-corrected chi connectivity index (χ0v) is 10.7. The highest BCUT2D eigenvalue weighted by molar-refractivity contribution is 5.35. The molecule has 1 unspecified atom stereocenters. The lowest BCUT2D eigenvalue weighted by molar-refractivity contribution is 0.305. The van der Waals surface area contributed by atoms with Gasteiger partial charge in [0, 0.05) is 25.7 Å². The van der Waals surface area contributed by atoms with Crippen LogP contribution < -0.4 is 11.5 Å². The maximum absolute atomic E-state index is 5.85. The molecule has 3 heteroatoms. The normalized spacial score (nSPS) is 16.2. The van der Waals surface area contributed by atoms with E-state index in [0.717, 1.165) is 13.1 Å². The molecule has 0 radical (unpaired) electrons. The van der Waals surface area contributed by atoms with E-state index in [9.17, 15) is 0 Å². The summed E-state index contributed by atoms with van der Waals surface area (Å²) in [5.74, 6) is 0. The highest BCUT2D eigenvalue weighted by Crippen LogP contribution is 2.23. The summed E-state index contributed by atoms with van der Waals surface area (Å²) in [6.45, 7) is 2.36. The number of nitrogens with two attached hydrogens (primary N) is 2. The maximum atomic E-state index is 5.85. The first-order chi connectivity index (χ1) is 8.19. The van der Waals surface area contributed by atoms with Gasteiger partial charge in [-0.1, -0.05) is 18.2 Å². The van der Waals surface area contributed by atoms with Crippen molar-refractivity contribution in [3.63, 3.8) is 0 Å². The van der Waals surface area contributed by atoms with Gasteiger partial charge in [-0.2, -0.15) is 0 Å². The SMILES string of the molecule is CN(Cc1ccc2c(c1)CCC2)CC(N)CN. The molecule has 0 aromatic heterocycles. The third kappa shape index (κ3) is 3.28. The fourth-order valence-corrected chi connectivity index (χ4v) is 2.57. The fourth-order valence-electron chi connectivity index (χ4n) is 2.57. The van der Waals surface area contributed by atoms with Crippen LogP contribution in [0.4, 0.5) is 0 Å². The van der Waals surface area contributed by atoms with Crippen LogP contribution in [-0.4, -0.2) is 31.1 Å². The van der Waals surface area contributed by atoms with Gasteiger partial charge in [-0.05, 0) is 43.0 Å². The van der Waals surface area contributed by atoms with E-state index in [-0.39, 0.29) is 6.04 Å². The maximum Gasteiger partial charge on any atom is 0.0292 e. The Hall–Kier alpha value is -0.900. The van der Waals surface area contributed by atoms with E-state index in [1.54, 1.807) is 5.56 Å². The number of benzene rings is 1. The summed E-state index contributed by atoms with van der Waals surface area (Å²) < 4.78 is 0. The first kappa shape index (κ1) is 12.6. The molecule has 1 atom stereocenters. The number of hydrogen-bond acceptors (Lipinski definition) is 3. The van der Waals surface area contributed by atoms with Crippen LogP contribution in [0.3, 0.4) is 0 Å². The van der Waals surface area contributed by atoms with E-state index in [2.05, 4.69) is 30.1 Å². The zero-order chi connectivity index (χ0) is 12.3. The molecule has 2 rings (SSSR count). The van der Waals surface area contributed by atoms with Crippen molar-refractivity contribution in [3.8, 4) is 0 Å². The van der Waals surface area contributed by atoms with Crippen LogP contribution in [0.1, 0.15) is 23.1 Å². The van der Waals surface area contributed by atoms with Gasteiger partial charge in [0.05, 0.1) is 0 Å². The summed E-state index contributed by atoms with van der Waals surface area (Å²) in [6, 6.07) is 6.96. The molecule has 0 spiro atoms. The minimum Gasteiger partial charge on any atom is -0.329 e. The Labute approximate surface area is 104 Å². The Balaban J connectivity index is 1.94. The van der Waals surface area contributed by atoms with Gasteiger partial charge in [0.15, 0.2) is 0 Å². The molecule has 94 valence electrons. The van der Waals surface area contributed by atoms with Crippen molar-refractivity contribution >= 4 is 0 Å². The first-order valence-electron chi connectivity index (χ1n) is 6.44. The predicted octanol–water partition coefficient (Wildman–Crippen LogP) is 0.893. The summed E-state index contributed by atoms with van der Waals surface area (Å²) in [5.41, 5.74) is 15.9. The van der Waals surface area contributed by atoms with Crippen molar-refractivity contribution in [1.82, 2.24) is 4.90 Å². The van der Waals surface area contributed by atoms with E-state index in [1.165, 1.54) is 30.4 Å². The lowest BCUT2D eigenvalue weighted by Crippen LogP contribution is -2.40. The molecule has 0 saturated carbocycles. The highest BCUT2D eigenvalue weighted by Gasteiger charge is 2.12. The average molecular weight is 233 g/mol. The molecule has 1 aliphatic carbocycles.